The Hall–Kier alpha value is -7.42. The van der Waals surface area contributed by atoms with Crippen LogP contribution in [0.2, 0.25) is 0 Å². The van der Waals surface area contributed by atoms with E-state index >= 15 is 0 Å². The monoisotopic (exact) mass is 767 g/mol. The molecular formula is C58H41NO. The molecule has 10 aromatic rings. The smallest absolute Gasteiger partial charge is 0.143 e. The predicted octanol–water partition coefficient (Wildman–Crippen LogP) is 15.4. The molecule has 0 spiro atoms. The van der Waals surface area contributed by atoms with Crippen molar-refractivity contribution in [1.82, 2.24) is 0 Å². The van der Waals surface area contributed by atoms with Crippen molar-refractivity contribution in [3.63, 3.8) is 0 Å². The molecule has 0 amide bonds. The van der Waals surface area contributed by atoms with E-state index in [1.165, 1.54) is 66.8 Å². The van der Waals surface area contributed by atoms with Gasteiger partial charge in [0.15, 0.2) is 0 Å². The summed E-state index contributed by atoms with van der Waals surface area (Å²) in [4.78, 5) is 2.45. The molecule has 0 N–H and O–H groups in total. The van der Waals surface area contributed by atoms with Gasteiger partial charge in [0.25, 0.3) is 0 Å². The van der Waals surface area contributed by atoms with Crippen LogP contribution in [0, 0.1) is 0 Å². The van der Waals surface area contributed by atoms with Gasteiger partial charge in [-0.1, -0.05) is 184 Å². The van der Waals surface area contributed by atoms with Crippen molar-refractivity contribution in [1.29, 1.82) is 0 Å². The Morgan fingerprint density at radius 3 is 1.65 bits per heavy atom. The molecular weight excluding hydrogens is 727 g/mol. The molecule has 0 atom stereocenters. The van der Waals surface area contributed by atoms with Crippen LogP contribution in [0.4, 0.5) is 17.1 Å². The number of fused-ring (bicyclic) bond motifs is 10. The lowest BCUT2D eigenvalue weighted by Gasteiger charge is -2.35. The van der Waals surface area contributed by atoms with Gasteiger partial charge in [0.05, 0.1) is 5.41 Å². The lowest BCUT2D eigenvalue weighted by atomic mass is 9.67. The van der Waals surface area contributed by atoms with Gasteiger partial charge in [0.1, 0.15) is 11.2 Å². The van der Waals surface area contributed by atoms with Gasteiger partial charge >= 0.3 is 0 Å². The van der Waals surface area contributed by atoms with Crippen LogP contribution in [0.1, 0.15) is 47.2 Å². The van der Waals surface area contributed by atoms with Gasteiger partial charge < -0.3 is 9.32 Å². The summed E-state index contributed by atoms with van der Waals surface area (Å²) in [6.45, 7) is 4.71. The Balaban J connectivity index is 1.09. The zero-order valence-corrected chi connectivity index (χ0v) is 33.6. The normalized spacial score (nSPS) is 14.1. The lowest BCUT2D eigenvalue weighted by Crippen LogP contribution is -2.28. The minimum absolute atomic E-state index is 0.244. The minimum atomic E-state index is -0.507. The molecule has 2 aliphatic carbocycles. The van der Waals surface area contributed by atoms with Crippen LogP contribution >= 0.6 is 0 Å². The molecule has 1 aromatic heterocycles. The van der Waals surface area contributed by atoms with Crippen molar-refractivity contribution >= 4 is 39.0 Å². The molecule has 12 rings (SSSR count). The summed E-state index contributed by atoms with van der Waals surface area (Å²) in [5, 5.41) is 2.32. The highest BCUT2D eigenvalue weighted by molar-refractivity contribution is 6.12. The number of hydrogen-bond donors (Lipinski definition) is 0. The molecule has 1 heterocycles. The molecule has 284 valence electrons. The average Bonchev–Trinajstić information content (AvgIpc) is 3.91. The van der Waals surface area contributed by atoms with Crippen molar-refractivity contribution in [2.45, 2.75) is 24.7 Å². The molecule has 9 aromatic carbocycles. The molecule has 0 unspecified atom stereocenters. The fourth-order valence-corrected chi connectivity index (χ4v) is 10.6. The quantitative estimate of drug-likeness (QED) is 0.168. The van der Waals surface area contributed by atoms with Gasteiger partial charge in [0, 0.05) is 38.8 Å². The van der Waals surface area contributed by atoms with Gasteiger partial charge in [-0.2, -0.15) is 0 Å². The van der Waals surface area contributed by atoms with E-state index in [4.69, 9.17) is 4.42 Å². The van der Waals surface area contributed by atoms with Crippen molar-refractivity contribution in [2.75, 3.05) is 4.90 Å². The molecule has 0 saturated carbocycles. The number of nitrogens with zero attached hydrogens (tertiary/aromatic N) is 1. The van der Waals surface area contributed by atoms with E-state index in [0.29, 0.717) is 0 Å². The standard InChI is InChI=1S/C58H41NO/c1-57(2)51-35-34-48-47-23-13-15-25-54(47)60-56(48)55(51)49-33-31-43(36-52(49)57)59(42-28-26-39(27-29-42)38-16-6-3-7-17-38)44-30-32-46-45-22-12-14-24-50(45)58(53(46)37-44,40-18-8-4-9-19-40)41-20-10-5-11-21-41/h3-37H,1-2H3. The third kappa shape index (κ3) is 4.88. The van der Waals surface area contributed by atoms with Crippen molar-refractivity contribution in [2.24, 2.45) is 0 Å². The van der Waals surface area contributed by atoms with E-state index in [1.807, 2.05) is 0 Å². The number of furan rings is 1. The number of hydrogen-bond acceptors (Lipinski definition) is 2. The highest BCUT2D eigenvalue weighted by atomic mass is 16.3. The lowest BCUT2D eigenvalue weighted by molar-refractivity contribution is 0.653. The molecule has 2 nitrogen and oxygen atoms in total. The van der Waals surface area contributed by atoms with E-state index in [2.05, 4.69) is 231 Å². The van der Waals surface area contributed by atoms with E-state index in [-0.39, 0.29) is 5.41 Å². The molecule has 0 fully saturated rings. The maximum absolute atomic E-state index is 6.66. The van der Waals surface area contributed by atoms with Crippen molar-refractivity contribution < 1.29 is 4.42 Å². The Labute approximate surface area is 350 Å². The van der Waals surface area contributed by atoms with Crippen LogP contribution in [-0.4, -0.2) is 0 Å². The maximum atomic E-state index is 6.66. The summed E-state index contributed by atoms with van der Waals surface area (Å²) in [7, 11) is 0. The summed E-state index contributed by atoms with van der Waals surface area (Å²) in [6.07, 6.45) is 0. The molecule has 2 heteroatoms. The number of benzene rings is 9. The number of anilines is 3. The summed E-state index contributed by atoms with van der Waals surface area (Å²) < 4.78 is 6.66. The maximum Gasteiger partial charge on any atom is 0.143 e. The second-order valence-electron chi connectivity index (χ2n) is 16.8. The summed E-state index contributed by atoms with van der Waals surface area (Å²) in [5.41, 5.74) is 19.5. The third-order valence-corrected chi connectivity index (χ3v) is 13.4. The molecule has 2 aliphatic rings. The SMILES string of the molecule is CC1(C)c2cc(N(c3ccc(-c4ccccc4)cc3)c3ccc4c(c3)C(c3ccccc3)(c3ccccc3)c3ccccc3-4)ccc2-c2c1ccc1c2oc2ccccc21. The third-order valence-electron chi connectivity index (χ3n) is 13.4. The average molecular weight is 768 g/mol. The Morgan fingerprint density at radius 1 is 0.383 bits per heavy atom. The first kappa shape index (κ1) is 34.6. The topological polar surface area (TPSA) is 16.4 Å². The van der Waals surface area contributed by atoms with Gasteiger partial charge in [-0.25, -0.2) is 0 Å². The molecule has 0 bridgehead atoms. The van der Waals surface area contributed by atoms with Crippen LogP contribution in [0.25, 0.3) is 55.3 Å². The van der Waals surface area contributed by atoms with E-state index in [1.54, 1.807) is 0 Å². The number of rotatable bonds is 6. The zero-order valence-electron chi connectivity index (χ0n) is 33.6. The van der Waals surface area contributed by atoms with Crippen LogP contribution in [0.5, 0.6) is 0 Å². The van der Waals surface area contributed by atoms with Crippen molar-refractivity contribution in [3.05, 3.63) is 246 Å². The molecule has 0 radical (unpaired) electrons. The Kier molecular flexibility index (Phi) is 7.52. The molecule has 0 aliphatic heterocycles. The summed E-state index contributed by atoms with van der Waals surface area (Å²) in [5.74, 6) is 0. The second-order valence-corrected chi connectivity index (χ2v) is 16.8. The first-order valence-corrected chi connectivity index (χ1v) is 20.9. The van der Waals surface area contributed by atoms with Crippen molar-refractivity contribution in [3.8, 4) is 33.4 Å². The fourth-order valence-electron chi connectivity index (χ4n) is 10.6. The first-order valence-electron chi connectivity index (χ1n) is 20.9. The van der Waals surface area contributed by atoms with Crippen LogP contribution in [-0.2, 0) is 10.8 Å². The van der Waals surface area contributed by atoms with E-state index in [0.717, 1.165) is 39.0 Å². The Bertz CT molecular complexity index is 3230. The van der Waals surface area contributed by atoms with E-state index in [9.17, 15) is 0 Å². The first-order chi connectivity index (χ1) is 29.5. The van der Waals surface area contributed by atoms with Gasteiger partial charge in [0.2, 0.25) is 0 Å². The highest BCUT2D eigenvalue weighted by Gasteiger charge is 2.46. The van der Waals surface area contributed by atoms with Crippen LogP contribution in [0.15, 0.2) is 217 Å². The predicted molar refractivity (Wildman–Crippen MR) is 249 cm³/mol. The zero-order chi connectivity index (χ0) is 40.0. The number of para-hydroxylation sites is 1. The molecule has 0 saturated heterocycles. The van der Waals surface area contributed by atoms with Crippen LogP contribution < -0.4 is 4.90 Å². The second kappa shape index (κ2) is 13.0. The summed E-state index contributed by atoms with van der Waals surface area (Å²) in [6, 6.07) is 78.0. The van der Waals surface area contributed by atoms with E-state index < -0.39 is 5.41 Å². The molecule has 60 heavy (non-hydrogen) atoms. The highest BCUT2D eigenvalue weighted by Crippen LogP contribution is 2.58. The van der Waals surface area contributed by atoms with Gasteiger partial charge in [-0.3, -0.25) is 0 Å². The fraction of sp³-hybridized carbons (Fsp3) is 0.0690. The Morgan fingerprint density at radius 2 is 0.933 bits per heavy atom. The van der Waals surface area contributed by atoms with Gasteiger partial charge in [-0.15, -0.1) is 0 Å². The largest absolute Gasteiger partial charge is 0.455 e. The van der Waals surface area contributed by atoms with Crippen LogP contribution in [0.3, 0.4) is 0 Å². The minimum Gasteiger partial charge on any atom is -0.455 e. The summed E-state index contributed by atoms with van der Waals surface area (Å²) >= 11 is 0. The van der Waals surface area contributed by atoms with Gasteiger partial charge in [-0.05, 0) is 104 Å².